The van der Waals surface area contributed by atoms with Gasteiger partial charge in [0, 0.05) is 76.0 Å². The van der Waals surface area contributed by atoms with Crippen molar-refractivity contribution in [3.63, 3.8) is 0 Å². The molecule has 3 heterocycles. The molecular formula is C45H59N11O15P3+. The summed E-state index contributed by atoms with van der Waals surface area (Å²) in [5, 5.41) is 16.4. The third-order valence-corrected chi connectivity index (χ3v) is 16.6. The lowest BCUT2D eigenvalue weighted by molar-refractivity contribution is -0.462. The van der Waals surface area contributed by atoms with E-state index in [0.717, 1.165) is 56.0 Å². The van der Waals surface area contributed by atoms with Crippen molar-refractivity contribution in [1.82, 2.24) is 39.9 Å². The van der Waals surface area contributed by atoms with Crippen LogP contribution >= 0.6 is 23.3 Å². The summed E-state index contributed by atoms with van der Waals surface area (Å²) in [6.45, 7) is 3.37. The molecule has 0 saturated carbocycles. The van der Waals surface area contributed by atoms with Crippen LogP contribution < -0.4 is 26.1 Å². The highest BCUT2D eigenvalue weighted by Gasteiger charge is 2.50. The molecule has 1 aliphatic heterocycles. The van der Waals surface area contributed by atoms with Crippen LogP contribution in [0.15, 0.2) is 84.5 Å². The highest BCUT2D eigenvalue weighted by Crippen LogP contribution is 2.61. The van der Waals surface area contributed by atoms with Crippen LogP contribution in [0.2, 0.25) is 0 Å². The number of carbonyl (C=O) groups excluding carboxylic acids is 3. The molecule has 0 bridgehead atoms. The van der Waals surface area contributed by atoms with E-state index in [4.69, 9.17) is 29.5 Å². The Bertz CT molecular complexity index is 3130. The maximum absolute atomic E-state index is 14.3. The number of alkyl carbamates (subject to hydrolysis) is 1. The number of amides is 3. The average Bonchev–Trinajstić information content (AvgIpc) is 3.88. The number of aliphatic hydroxyl groups is 1. The number of allylic oxidation sites excluding steroid dienone is 5. The molecule has 6 atom stereocenters. The van der Waals surface area contributed by atoms with Crippen LogP contribution in [0.1, 0.15) is 60.0 Å². The van der Waals surface area contributed by atoms with Gasteiger partial charge in [-0.05, 0) is 64.1 Å². The van der Waals surface area contributed by atoms with Gasteiger partial charge in [0.2, 0.25) is 5.91 Å². The third-order valence-electron chi connectivity index (χ3n) is 12.4. The number of hydrogen-bond donors (Lipinski definition) is 9. The van der Waals surface area contributed by atoms with Gasteiger partial charge in [-0.15, -0.1) is 4.86 Å². The summed E-state index contributed by atoms with van der Waals surface area (Å²) in [4.78, 5) is 94.5. The maximum atomic E-state index is 14.3. The summed E-state index contributed by atoms with van der Waals surface area (Å²) in [6.07, 6.45) is 1.36. The lowest BCUT2D eigenvalue weighted by atomic mass is 9.64. The zero-order chi connectivity index (χ0) is 54.1. The van der Waals surface area contributed by atoms with Crippen molar-refractivity contribution in [2.45, 2.75) is 56.6 Å². The second-order valence-corrected chi connectivity index (χ2v) is 23.2. The first kappa shape index (κ1) is 55.8. The number of nitrogens with one attached hydrogen (secondary N) is 3. The summed E-state index contributed by atoms with van der Waals surface area (Å²) in [6, 6.07) is 14.0. The van der Waals surface area contributed by atoms with Gasteiger partial charge >= 0.3 is 29.4 Å². The molecule has 1 fully saturated rings. The fourth-order valence-corrected chi connectivity index (χ4v) is 12.2. The van der Waals surface area contributed by atoms with Crippen molar-refractivity contribution in [3.8, 4) is 0 Å². The summed E-state index contributed by atoms with van der Waals surface area (Å²) >= 11 is 0. The van der Waals surface area contributed by atoms with Crippen molar-refractivity contribution < 1.29 is 75.6 Å². The molecule has 2 aromatic carbocycles. The number of rotatable bonds is 19. The molecule has 1 saturated heterocycles. The topological polar surface area (TPSA) is 356 Å². The molecular weight excluding hydrogens is 1030 g/mol. The normalized spacial score (nSPS) is 20.7. The van der Waals surface area contributed by atoms with Gasteiger partial charge in [-0.3, -0.25) is 18.7 Å². The number of ether oxygens (including phenoxy) is 2. The zero-order valence-corrected chi connectivity index (χ0v) is 44.0. The number of nitrogen functional groups attached to an aromatic ring is 1. The SMILES string of the molecule is CN(CCCC(=O)NCCNC(=O)O[C@H]1[C@@H](O)[C@H](n2cnc3c(N)ncnc32)O[C@@H]1COP(=O)(O)OP(=O)(O)NP(=O)(O)O)C(=O)c1ccccc1C1=C2C=CC(=[N+](C)C)C=C2C(C)(C)c2cc(N(C)C)ccc21. The average molecular weight is 1090 g/mol. The van der Waals surface area contributed by atoms with Gasteiger partial charge < -0.3 is 60.3 Å². The van der Waals surface area contributed by atoms with Crippen molar-refractivity contribution in [2.24, 2.45) is 0 Å². The van der Waals surface area contributed by atoms with Gasteiger partial charge in [-0.25, -0.2) is 38.0 Å². The minimum atomic E-state index is -5.64. The Labute approximate surface area is 425 Å². The number of fused-ring (bicyclic) bond motifs is 3. The Morgan fingerprint density at radius 2 is 1.68 bits per heavy atom. The van der Waals surface area contributed by atoms with Crippen molar-refractivity contribution in [1.29, 1.82) is 0 Å². The lowest BCUT2D eigenvalue weighted by Gasteiger charge is -2.39. The predicted molar refractivity (Wildman–Crippen MR) is 270 cm³/mol. The van der Waals surface area contributed by atoms with Crippen LogP contribution in [0.5, 0.6) is 0 Å². The largest absolute Gasteiger partial charge is 0.480 e. The number of imidazole rings is 1. The number of benzene rings is 2. The minimum absolute atomic E-state index is 0.0225. The Hall–Kier alpha value is -5.98. The van der Waals surface area contributed by atoms with Gasteiger partial charge in [0.25, 0.3) is 5.91 Å². The van der Waals surface area contributed by atoms with Gasteiger partial charge in [-0.1, -0.05) is 38.1 Å². The molecule has 2 aliphatic carbocycles. The fourth-order valence-electron chi connectivity index (χ4n) is 8.76. The minimum Gasteiger partial charge on any atom is -0.440 e. The first-order chi connectivity index (χ1) is 34.7. The van der Waals surface area contributed by atoms with E-state index in [1.165, 1.54) is 10.9 Å². The van der Waals surface area contributed by atoms with Crippen LogP contribution in [-0.2, 0) is 42.2 Å². The number of phosphoric ester groups is 1. The van der Waals surface area contributed by atoms with E-state index in [2.05, 4.69) is 89.6 Å². The fraction of sp³-hybridized carbons (Fsp3) is 0.400. The molecule has 0 radical (unpaired) electrons. The molecule has 4 aromatic rings. The Balaban J connectivity index is 0.953. The van der Waals surface area contributed by atoms with Gasteiger partial charge in [-0.2, -0.15) is 4.31 Å². The van der Waals surface area contributed by atoms with E-state index in [9.17, 15) is 43.0 Å². The third kappa shape index (κ3) is 12.6. The van der Waals surface area contributed by atoms with E-state index < -0.39 is 60.6 Å². The van der Waals surface area contributed by atoms with E-state index in [1.54, 1.807) is 11.9 Å². The van der Waals surface area contributed by atoms with Crippen molar-refractivity contribution in [3.05, 3.63) is 107 Å². The van der Waals surface area contributed by atoms with E-state index in [1.807, 2.05) is 52.5 Å². The second kappa shape index (κ2) is 22.1. The number of hydrogen-bond acceptors (Lipinski definition) is 16. The first-order valence-electron chi connectivity index (χ1n) is 22.9. The van der Waals surface area contributed by atoms with E-state index in [0.29, 0.717) is 12.0 Å². The van der Waals surface area contributed by atoms with Crippen molar-refractivity contribution in [2.75, 3.05) is 72.1 Å². The predicted octanol–water partition coefficient (Wildman–Crippen LogP) is 2.71. The van der Waals surface area contributed by atoms with Crippen molar-refractivity contribution >= 4 is 75.2 Å². The maximum Gasteiger partial charge on any atom is 0.480 e. The lowest BCUT2D eigenvalue weighted by Crippen LogP contribution is -2.42. The molecule has 3 aliphatic rings. The van der Waals surface area contributed by atoms with Crippen LogP contribution in [0.4, 0.5) is 16.3 Å². The van der Waals surface area contributed by atoms with E-state index >= 15 is 0 Å². The Morgan fingerprint density at radius 1 is 0.959 bits per heavy atom. The standard InChI is InChI=1S/C45H58N11O15P3/c1-45(2)32-21-26(53(3)4)14-16-30(32)36(31-17-15-27(54(5)6)22-33(31)45)28-11-8-9-12-29(28)42(59)55(7)20-10-13-35(57)47-18-19-48-44(60)70-39-34(23-68-74(66,67)71-73(64,65)52-72(61,62)63)69-43(38(39)58)56-25-51-37-40(46)49-24-50-41(37)56/h8-9,11-12,14-17,21-22,24-25,34,38-39,43,58H,10,13,18-20,23H2,1-7H3,(H8-,46,47,48,49,50,52,57,60,61,62,63,64,65,66,67)/p+1/t34-,38-,39-,43-/m1/s1. The Kier molecular flexibility index (Phi) is 16.6. The summed E-state index contributed by atoms with van der Waals surface area (Å²) in [7, 11) is -6.99. The summed E-state index contributed by atoms with van der Waals surface area (Å²) in [5.41, 5.74) is 14.4. The van der Waals surface area contributed by atoms with Gasteiger partial charge in [0.15, 0.2) is 29.5 Å². The number of nitrogens with two attached hydrogens (primary N) is 1. The number of anilines is 2. The number of aromatic nitrogens is 4. The highest BCUT2D eigenvalue weighted by molar-refractivity contribution is 7.70. The summed E-state index contributed by atoms with van der Waals surface area (Å²) < 4.78 is 59.1. The highest BCUT2D eigenvalue weighted by atomic mass is 31.3. The quantitative estimate of drug-likeness (QED) is 0.0370. The number of phosphoric acid groups is 1. The second-order valence-electron chi connectivity index (χ2n) is 18.4. The monoisotopic (exact) mass is 1090 g/mol. The molecule has 2 unspecified atom stereocenters. The molecule has 26 nitrogen and oxygen atoms in total. The zero-order valence-electron chi connectivity index (χ0n) is 41.3. The molecule has 7 rings (SSSR count). The molecule has 3 amide bonds. The number of nitrogens with zero attached hydrogens (tertiary/aromatic N) is 7. The number of carbonyl (C=O) groups is 3. The molecule has 398 valence electrons. The van der Waals surface area contributed by atoms with Crippen LogP contribution in [-0.4, -0.2) is 157 Å². The summed E-state index contributed by atoms with van der Waals surface area (Å²) in [5.74, 6) is -0.621. The molecule has 10 N–H and O–H groups in total. The van der Waals surface area contributed by atoms with Gasteiger partial charge in [0.05, 0.1) is 12.9 Å². The molecule has 29 heteroatoms. The molecule has 2 aromatic heterocycles. The number of aliphatic hydroxyl groups excluding tert-OH is 1. The Morgan fingerprint density at radius 3 is 2.38 bits per heavy atom. The van der Waals surface area contributed by atoms with Crippen LogP contribution in [0, 0.1) is 0 Å². The smallest absolute Gasteiger partial charge is 0.440 e. The van der Waals surface area contributed by atoms with Gasteiger partial charge in [0.1, 0.15) is 38.1 Å². The molecule has 0 spiro atoms. The molecule has 74 heavy (non-hydrogen) atoms. The van der Waals surface area contributed by atoms with Crippen LogP contribution in [0.3, 0.4) is 0 Å². The first-order valence-corrected chi connectivity index (χ1v) is 27.6. The van der Waals surface area contributed by atoms with E-state index in [-0.39, 0.29) is 60.3 Å². The van der Waals surface area contributed by atoms with Crippen LogP contribution in [0.25, 0.3) is 16.7 Å².